The number of carbonyl (C=O) groups is 1. The van der Waals surface area contributed by atoms with Gasteiger partial charge in [-0.3, -0.25) is 0 Å². The molecule has 1 aromatic carbocycles. The number of carboxylic acid groups (broad SMARTS) is 1. The first-order valence-corrected chi connectivity index (χ1v) is 5.27. The molecule has 0 saturated heterocycles. The van der Waals surface area contributed by atoms with E-state index in [0.29, 0.717) is 17.9 Å². The van der Waals surface area contributed by atoms with Gasteiger partial charge in [0.1, 0.15) is 5.54 Å². The molecule has 2 rings (SSSR count). The van der Waals surface area contributed by atoms with E-state index in [4.69, 9.17) is 16.7 Å². The lowest BCUT2D eigenvalue weighted by molar-refractivity contribution is -0.145. The van der Waals surface area contributed by atoms with Crippen molar-refractivity contribution in [3.63, 3.8) is 0 Å². The Morgan fingerprint density at radius 3 is 2.67 bits per heavy atom. The first-order chi connectivity index (χ1) is 7.12. The first kappa shape index (κ1) is 10.3. The normalized spacial score (nSPS) is 17.9. The number of benzene rings is 1. The van der Waals surface area contributed by atoms with Crippen LogP contribution < -0.4 is 5.32 Å². The number of anilines is 1. The summed E-state index contributed by atoms with van der Waals surface area (Å²) >= 11 is 5.83. The summed E-state index contributed by atoms with van der Waals surface area (Å²) in [6.45, 7) is 0. The molecule has 3 nitrogen and oxygen atoms in total. The molecule has 2 N–H and O–H groups in total. The molecule has 0 heterocycles. The zero-order valence-corrected chi connectivity index (χ0v) is 8.92. The van der Waals surface area contributed by atoms with Crippen LogP contribution in [0.4, 0.5) is 5.69 Å². The van der Waals surface area contributed by atoms with E-state index in [9.17, 15) is 4.79 Å². The largest absolute Gasteiger partial charge is 0.480 e. The summed E-state index contributed by atoms with van der Waals surface area (Å²) in [6.07, 6.45) is 2.31. The summed E-state index contributed by atoms with van der Waals surface area (Å²) in [6, 6.07) is 7.14. The molecule has 1 aromatic rings. The highest BCUT2D eigenvalue weighted by Crippen LogP contribution is 2.35. The highest BCUT2D eigenvalue weighted by molar-refractivity contribution is 6.30. The second-order valence-electron chi connectivity index (χ2n) is 3.88. The van der Waals surface area contributed by atoms with Crippen LogP contribution in [0.1, 0.15) is 19.3 Å². The van der Waals surface area contributed by atoms with E-state index >= 15 is 0 Å². The third kappa shape index (κ3) is 1.92. The summed E-state index contributed by atoms with van der Waals surface area (Å²) < 4.78 is 0. The van der Waals surface area contributed by atoms with E-state index in [-0.39, 0.29) is 0 Å². The maximum Gasteiger partial charge on any atom is 0.329 e. The number of hydrogen-bond acceptors (Lipinski definition) is 2. The number of aliphatic carboxylic acids is 1. The molecule has 0 aromatic heterocycles. The summed E-state index contributed by atoms with van der Waals surface area (Å²) in [5, 5.41) is 12.8. The number of nitrogens with one attached hydrogen (secondary N) is 1. The average Bonchev–Trinajstić information content (AvgIpc) is 2.11. The fourth-order valence-corrected chi connectivity index (χ4v) is 1.96. The fourth-order valence-electron chi connectivity index (χ4n) is 1.77. The van der Waals surface area contributed by atoms with Gasteiger partial charge in [0.2, 0.25) is 0 Å². The van der Waals surface area contributed by atoms with Gasteiger partial charge in [-0.15, -0.1) is 0 Å². The summed E-state index contributed by atoms with van der Waals surface area (Å²) in [5.41, 5.74) is -0.00498. The molecule has 0 bridgehead atoms. The van der Waals surface area contributed by atoms with Crippen LogP contribution in [-0.4, -0.2) is 16.6 Å². The van der Waals surface area contributed by atoms with Gasteiger partial charge < -0.3 is 10.4 Å². The van der Waals surface area contributed by atoms with Crippen LogP contribution in [0.2, 0.25) is 5.02 Å². The molecular weight excluding hydrogens is 214 g/mol. The minimum Gasteiger partial charge on any atom is -0.480 e. The van der Waals surface area contributed by atoms with Crippen molar-refractivity contribution in [1.29, 1.82) is 0 Å². The summed E-state index contributed by atoms with van der Waals surface area (Å²) in [4.78, 5) is 11.1. The van der Waals surface area contributed by atoms with Crippen molar-refractivity contribution in [3.8, 4) is 0 Å². The Kier molecular flexibility index (Phi) is 2.57. The van der Waals surface area contributed by atoms with Crippen molar-refractivity contribution in [2.24, 2.45) is 0 Å². The van der Waals surface area contributed by atoms with Crippen molar-refractivity contribution >= 4 is 23.3 Å². The van der Waals surface area contributed by atoms with Crippen molar-refractivity contribution in [1.82, 2.24) is 0 Å². The molecule has 1 saturated carbocycles. The number of hydrogen-bond donors (Lipinski definition) is 2. The molecule has 1 aliphatic rings. The van der Waals surface area contributed by atoms with Gasteiger partial charge in [0.05, 0.1) is 0 Å². The molecule has 4 heteroatoms. The number of carboxylic acids is 1. The monoisotopic (exact) mass is 225 g/mol. The zero-order chi connectivity index (χ0) is 10.9. The third-order valence-electron chi connectivity index (χ3n) is 2.82. The minimum absolute atomic E-state index is 0.611. The Morgan fingerprint density at radius 1 is 1.47 bits per heavy atom. The minimum atomic E-state index is -0.784. The lowest BCUT2D eigenvalue weighted by Crippen LogP contribution is -2.52. The number of halogens is 1. The summed E-state index contributed by atoms with van der Waals surface area (Å²) in [5.74, 6) is -0.784. The second kappa shape index (κ2) is 3.74. The quantitative estimate of drug-likeness (QED) is 0.832. The summed E-state index contributed by atoms with van der Waals surface area (Å²) in [7, 11) is 0. The van der Waals surface area contributed by atoms with Crippen molar-refractivity contribution < 1.29 is 9.90 Å². The van der Waals surface area contributed by atoms with Gasteiger partial charge in [-0.05, 0) is 37.5 Å². The van der Waals surface area contributed by atoms with Crippen LogP contribution in [0.3, 0.4) is 0 Å². The maximum absolute atomic E-state index is 11.1. The van der Waals surface area contributed by atoms with E-state index < -0.39 is 11.5 Å². The van der Waals surface area contributed by atoms with E-state index in [1.165, 1.54) is 0 Å². The Labute approximate surface area is 93.1 Å². The van der Waals surface area contributed by atoms with Gasteiger partial charge >= 0.3 is 5.97 Å². The Bertz CT molecular complexity index is 388. The van der Waals surface area contributed by atoms with Crippen LogP contribution in [-0.2, 0) is 4.79 Å². The highest BCUT2D eigenvalue weighted by atomic mass is 35.5. The molecule has 0 spiro atoms. The molecular formula is C11H12ClNO2. The van der Waals surface area contributed by atoms with Gasteiger partial charge in [0, 0.05) is 10.7 Å². The van der Waals surface area contributed by atoms with Crippen molar-refractivity contribution in [3.05, 3.63) is 29.3 Å². The van der Waals surface area contributed by atoms with E-state index in [2.05, 4.69) is 5.32 Å². The topological polar surface area (TPSA) is 49.3 Å². The fraction of sp³-hybridized carbons (Fsp3) is 0.364. The molecule has 0 unspecified atom stereocenters. The van der Waals surface area contributed by atoms with Crippen LogP contribution in [0, 0.1) is 0 Å². The Balaban J connectivity index is 2.17. The zero-order valence-electron chi connectivity index (χ0n) is 8.16. The highest BCUT2D eigenvalue weighted by Gasteiger charge is 2.44. The van der Waals surface area contributed by atoms with Crippen LogP contribution >= 0.6 is 11.6 Å². The molecule has 1 aliphatic carbocycles. The van der Waals surface area contributed by atoms with Crippen molar-refractivity contribution in [2.75, 3.05) is 5.32 Å². The third-order valence-corrected chi connectivity index (χ3v) is 3.06. The SMILES string of the molecule is O=C(O)C1(Nc2cccc(Cl)c2)CCC1. The molecule has 15 heavy (non-hydrogen) atoms. The Morgan fingerprint density at radius 2 is 2.20 bits per heavy atom. The predicted octanol–water partition coefficient (Wildman–Crippen LogP) is 2.76. The molecule has 1 fully saturated rings. The predicted molar refractivity (Wildman–Crippen MR) is 59.3 cm³/mol. The molecule has 0 aliphatic heterocycles. The molecule has 0 radical (unpaired) electrons. The van der Waals surface area contributed by atoms with Gasteiger partial charge in [0.15, 0.2) is 0 Å². The number of rotatable bonds is 3. The van der Waals surface area contributed by atoms with Gasteiger partial charge in [0.25, 0.3) is 0 Å². The molecule has 0 atom stereocenters. The molecule has 80 valence electrons. The molecule has 0 amide bonds. The van der Waals surface area contributed by atoms with Crippen molar-refractivity contribution in [2.45, 2.75) is 24.8 Å². The van der Waals surface area contributed by atoms with E-state index in [0.717, 1.165) is 12.1 Å². The van der Waals surface area contributed by atoms with Crippen LogP contribution in [0.25, 0.3) is 0 Å². The van der Waals surface area contributed by atoms with E-state index in [1.54, 1.807) is 18.2 Å². The lowest BCUT2D eigenvalue weighted by Gasteiger charge is -2.39. The van der Waals surface area contributed by atoms with E-state index in [1.807, 2.05) is 6.07 Å². The smallest absolute Gasteiger partial charge is 0.329 e. The standard InChI is InChI=1S/C11H12ClNO2/c12-8-3-1-4-9(7-8)13-11(10(14)15)5-2-6-11/h1,3-4,7,13H,2,5-6H2,(H,14,15). The van der Waals surface area contributed by atoms with Gasteiger partial charge in [-0.1, -0.05) is 17.7 Å². The van der Waals surface area contributed by atoms with Gasteiger partial charge in [-0.2, -0.15) is 0 Å². The lowest BCUT2D eigenvalue weighted by atomic mass is 9.76. The average molecular weight is 226 g/mol. The van der Waals surface area contributed by atoms with Gasteiger partial charge in [-0.25, -0.2) is 4.79 Å². The first-order valence-electron chi connectivity index (χ1n) is 4.90. The second-order valence-corrected chi connectivity index (χ2v) is 4.31. The van der Waals surface area contributed by atoms with Crippen LogP contribution in [0.15, 0.2) is 24.3 Å². The Hall–Kier alpha value is -1.22. The van der Waals surface area contributed by atoms with Crippen LogP contribution in [0.5, 0.6) is 0 Å². The maximum atomic E-state index is 11.1.